The van der Waals surface area contributed by atoms with Gasteiger partial charge in [0.25, 0.3) is 0 Å². The van der Waals surface area contributed by atoms with E-state index in [0.29, 0.717) is 12.1 Å². The topological polar surface area (TPSA) is 35.5 Å². The Hall–Kier alpha value is -1.24. The minimum atomic E-state index is -2.82. The van der Waals surface area contributed by atoms with Gasteiger partial charge < -0.3 is 13.4 Å². The van der Waals surface area contributed by atoms with Crippen LogP contribution in [0.5, 0.6) is 0 Å². The van der Waals surface area contributed by atoms with Crippen molar-refractivity contribution < 1.29 is 13.4 Å². The van der Waals surface area contributed by atoms with Gasteiger partial charge in [-0.05, 0) is 49.1 Å². The monoisotopic (exact) mass is 584 g/mol. The van der Waals surface area contributed by atoms with Crippen molar-refractivity contribution in [2.75, 3.05) is 6.16 Å². The molecule has 1 aliphatic rings. The molecule has 3 nitrogen and oxygen atoms in total. The minimum absolute atomic E-state index is 0.105. The van der Waals surface area contributed by atoms with E-state index in [9.17, 15) is 4.57 Å². The molecule has 2 atom stereocenters. The Kier molecular flexibility index (Phi) is 9.88. The summed E-state index contributed by atoms with van der Waals surface area (Å²) in [6.45, 7) is 25.6. The summed E-state index contributed by atoms with van der Waals surface area (Å²) >= 11 is 0. The molecule has 2 aromatic rings. The van der Waals surface area contributed by atoms with Crippen molar-refractivity contribution in [2.45, 2.75) is 110 Å². The number of allylic oxidation sites excluding steroid dienone is 1. The maximum atomic E-state index is 14.7. The number of benzene rings is 2. The fourth-order valence-corrected chi connectivity index (χ4v) is 10.1. The van der Waals surface area contributed by atoms with Gasteiger partial charge in [-0.2, -0.15) is 0 Å². The lowest BCUT2D eigenvalue weighted by molar-refractivity contribution is 0.0168. The van der Waals surface area contributed by atoms with Crippen LogP contribution in [-0.4, -0.2) is 35.0 Å². The van der Waals surface area contributed by atoms with Crippen molar-refractivity contribution in [1.29, 1.82) is 0 Å². The van der Waals surface area contributed by atoms with E-state index in [0.717, 1.165) is 23.5 Å². The fourth-order valence-electron chi connectivity index (χ4n) is 4.74. The van der Waals surface area contributed by atoms with E-state index >= 15 is 0 Å². The van der Waals surface area contributed by atoms with Gasteiger partial charge in [0, 0.05) is 22.7 Å². The van der Waals surface area contributed by atoms with E-state index in [2.05, 4.69) is 80.7 Å². The van der Waals surface area contributed by atoms with E-state index in [1.54, 1.807) is 0 Å². The molecular formula is C33H53O3PSi2. The molecular weight excluding hydrogens is 532 g/mol. The summed E-state index contributed by atoms with van der Waals surface area (Å²) < 4.78 is 28.9. The van der Waals surface area contributed by atoms with Crippen LogP contribution in [0.2, 0.25) is 36.3 Å². The number of hydrogen-bond acceptors (Lipinski definition) is 3. The highest BCUT2D eigenvalue weighted by molar-refractivity contribution is 7.78. The van der Waals surface area contributed by atoms with Crippen molar-refractivity contribution in [2.24, 2.45) is 5.92 Å². The molecule has 0 radical (unpaired) electrons. The molecule has 0 amide bonds. The van der Waals surface area contributed by atoms with Crippen LogP contribution in [0.1, 0.15) is 61.3 Å². The molecule has 0 bridgehead atoms. The van der Waals surface area contributed by atoms with Crippen LogP contribution in [0.25, 0.3) is 0 Å². The molecule has 0 heterocycles. The average molecular weight is 585 g/mol. The molecule has 3 rings (SSSR count). The highest BCUT2D eigenvalue weighted by atomic mass is 31.2. The van der Waals surface area contributed by atoms with Crippen LogP contribution in [0.4, 0.5) is 0 Å². The van der Waals surface area contributed by atoms with E-state index in [-0.39, 0.29) is 22.3 Å². The summed E-state index contributed by atoms with van der Waals surface area (Å²) in [6.07, 6.45) is 4.77. The van der Waals surface area contributed by atoms with Gasteiger partial charge in [-0.1, -0.05) is 121 Å². The Labute approximate surface area is 241 Å². The van der Waals surface area contributed by atoms with Crippen molar-refractivity contribution in [3.05, 3.63) is 72.3 Å². The molecule has 216 valence electrons. The zero-order valence-electron chi connectivity index (χ0n) is 26.4. The summed E-state index contributed by atoms with van der Waals surface area (Å²) in [6, 6.07) is 20.0. The van der Waals surface area contributed by atoms with Gasteiger partial charge in [0.2, 0.25) is 0 Å². The first-order valence-corrected chi connectivity index (χ1v) is 22.3. The average Bonchev–Trinajstić information content (AvgIpc) is 2.84. The van der Waals surface area contributed by atoms with Crippen molar-refractivity contribution in [3.63, 3.8) is 0 Å². The molecule has 2 aromatic carbocycles. The standard InChI is InChI=1S/C33H53O3PSi2/c1-26-30(35-38(8,9)32(2,3)4)24-27(25-31(26)36-39(10,11)33(5,6)7)22-23-37(34,28-18-14-12-15-19-28)29-20-16-13-17-21-29/h12-22,26,30-31H,23-25H2,1-11H3/t26?,30-,31-/m1/s1. The van der Waals surface area contributed by atoms with Gasteiger partial charge in [0.15, 0.2) is 16.6 Å². The predicted molar refractivity (Wildman–Crippen MR) is 175 cm³/mol. The minimum Gasteiger partial charge on any atom is -0.413 e. The van der Waals surface area contributed by atoms with Gasteiger partial charge in [-0.25, -0.2) is 0 Å². The smallest absolute Gasteiger partial charge is 0.192 e. The number of hydrogen-bond donors (Lipinski definition) is 0. The Bertz CT molecular complexity index is 1080. The Morgan fingerprint density at radius 1 is 0.744 bits per heavy atom. The second-order valence-electron chi connectivity index (χ2n) is 14.6. The van der Waals surface area contributed by atoms with Crippen LogP contribution >= 0.6 is 7.14 Å². The first kappa shape index (κ1) is 32.3. The van der Waals surface area contributed by atoms with Crippen LogP contribution in [0, 0.1) is 5.92 Å². The first-order valence-electron chi connectivity index (χ1n) is 14.6. The molecule has 1 fully saturated rings. The fraction of sp³-hybridized carbons (Fsp3) is 0.576. The summed E-state index contributed by atoms with van der Waals surface area (Å²) in [5.41, 5.74) is 1.33. The summed E-state index contributed by atoms with van der Waals surface area (Å²) in [5, 5.41) is 2.11. The maximum absolute atomic E-state index is 14.7. The van der Waals surface area contributed by atoms with Crippen LogP contribution < -0.4 is 10.6 Å². The summed E-state index contributed by atoms with van der Waals surface area (Å²) in [7, 11) is -6.78. The van der Waals surface area contributed by atoms with Gasteiger partial charge in [0.1, 0.15) is 7.14 Å². The molecule has 0 N–H and O–H groups in total. The van der Waals surface area contributed by atoms with E-state index in [1.165, 1.54) is 5.57 Å². The summed E-state index contributed by atoms with van der Waals surface area (Å²) in [5.74, 6) is 0.306. The lowest BCUT2D eigenvalue weighted by Crippen LogP contribution is -2.52. The third kappa shape index (κ3) is 7.54. The van der Waals surface area contributed by atoms with Crippen LogP contribution in [0.15, 0.2) is 72.3 Å². The quantitative estimate of drug-likeness (QED) is 0.176. The number of rotatable bonds is 8. The van der Waals surface area contributed by atoms with Gasteiger partial charge in [-0.15, -0.1) is 0 Å². The van der Waals surface area contributed by atoms with Crippen molar-refractivity contribution in [3.8, 4) is 0 Å². The predicted octanol–water partition coefficient (Wildman–Crippen LogP) is 9.14. The zero-order valence-corrected chi connectivity index (χ0v) is 29.3. The molecule has 0 unspecified atom stereocenters. The molecule has 1 aliphatic carbocycles. The second kappa shape index (κ2) is 11.9. The third-order valence-electron chi connectivity index (χ3n) is 9.59. The molecule has 0 aromatic heterocycles. The Morgan fingerprint density at radius 2 is 1.10 bits per heavy atom. The lowest BCUT2D eigenvalue weighted by atomic mass is 9.82. The molecule has 0 saturated heterocycles. The maximum Gasteiger partial charge on any atom is 0.192 e. The van der Waals surface area contributed by atoms with Crippen LogP contribution in [-0.2, 0) is 13.4 Å². The molecule has 39 heavy (non-hydrogen) atoms. The zero-order chi connectivity index (χ0) is 29.3. The third-order valence-corrected chi connectivity index (χ3v) is 21.6. The van der Waals surface area contributed by atoms with E-state index in [4.69, 9.17) is 8.85 Å². The first-order chi connectivity index (χ1) is 17.9. The van der Waals surface area contributed by atoms with E-state index in [1.807, 2.05) is 60.7 Å². The summed E-state index contributed by atoms with van der Waals surface area (Å²) in [4.78, 5) is 0. The van der Waals surface area contributed by atoms with Gasteiger partial charge >= 0.3 is 0 Å². The van der Waals surface area contributed by atoms with Crippen molar-refractivity contribution in [1.82, 2.24) is 0 Å². The molecule has 0 aliphatic heterocycles. The lowest BCUT2D eigenvalue weighted by Gasteiger charge is -2.48. The Morgan fingerprint density at radius 3 is 1.44 bits per heavy atom. The van der Waals surface area contributed by atoms with Gasteiger partial charge in [-0.3, -0.25) is 0 Å². The normalized spacial score (nSPS) is 21.6. The largest absolute Gasteiger partial charge is 0.413 e. The van der Waals surface area contributed by atoms with Gasteiger partial charge in [0.05, 0.1) is 12.2 Å². The molecule has 6 heteroatoms. The van der Waals surface area contributed by atoms with Crippen LogP contribution in [0.3, 0.4) is 0 Å². The molecule has 1 saturated carbocycles. The molecule has 0 spiro atoms. The second-order valence-corrected chi connectivity index (χ2v) is 26.9. The highest BCUT2D eigenvalue weighted by Crippen LogP contribution is 2.47. The SMILES string of the molecule is CC1[C@H](O[Si](C)(C)C(C)(C)C)CC(=CCP(=O)(c2ccccc2)c2ccccc2)C[C@H]1O[Si](C)(C)C(C)(C)C. The van der Waals surface area contributed by atoms with Crippen molar-refractivity contribution >= 4 is 34.4 Å². The van der Waals surface area contributed by atoms with E-state index < -0.39 is 23.8 Å². The highest BCUT2D eigenvalue weighted by Gasteiger charge is 2.46. The Balaban J connectivity index is 2.00.